The summed E-state index contributed by atoms with van der Waals surface area (Å²) in [6.45, 7) is 9.03. The molecule has 2 fully saturated rings. The molecule has 0 radical (unpaired) electrons. The summed E-state index contributed by atoms with van der Waals surface area (Å²) in [5.41, 5.74) is 3.20. The van der Waals surface area contributed by atoms with Crippen LogP contribution in [0.3, 0.4) is 0 Å². The summed E-state index contributed by atoms with van der Waals surface area (Å²) in [5, 5.41) is 9.01. The summed E-state index contributed by atoms with van der Waals surface area (Å²) in [4.78, 5) is 19.2. The van der Waals surface area contributed by atoms with Gasteiger partial charge in [-0.2, -0.15) is 0 Å². The number of benzene rings is 2. The Hall–Kier alpha value is -3.00. The van der Waals surface area contributed by atoms with E-state index in [4.69, 9.17) is 11.7 Å². The average Bonchev–Trinajstić information content (AvgIpc) is 3.22. The summed E-state index contributed by atoms with van der Waals surface area (Å²) in [7, 11) is 0. The highest BCUT2D eigenvalue weighted by molar-refractivity contribution is 5.88. The van der Waals surface area contributed by atoms with Crippen LogP contribution in [0.4, 0.5) is 17.1 Å². The largest absolute Gasteiger partial charge is 0.478 e. The predicted molar refractivity (Wildman–Crippen MR) is 93.0 cm³/mol. The Labute approximate surface area is 140 Å². The van der Waals surface area contributed by atoms with Gasteiger partial charge in [0.15, 0.2) is 5.69 Å². The van der Waals surface area contributed by atoms with Gasteiger partial charge in [0.05, 0.1) is 12.1 Å². The first-order valence-electron chi connectivity index (χ1n) is 8.00. The van der Waals surface area contributed by atoms with Gasteiger partial charge in [-0.25, -0.2) is 9.64 Å². The number of piperazine rings is 1. The van der Waals surface area contributed by atoms with Gasteiger partial charge < -0.3 is 14.9 Å². The van der Waals surface area contributed by atoms with Crippen molar-refractivity contribution in [3.05, 3.63) is 65.5 Å². The lowest BCUT2D eigenvalue weighted by Crippen LogP contribution is -2.46. The van der Waals surface area contributed by atoms with E-state index in [0.29, 0.717) is 23.3 Å². The van der Waals surface area contributed by atoms with Gasteiger partial charge in [0.2, 0.25) is 0 Å². The quantitative estimate of drug-likeness (QED) is 0.881. The Balaban J connectivity index is 1.51. The van der Waals surface area contributed by atoms with Crippen LogP contribution in [0.25, 0.3) is 4.85 Å². The second kappa shape index (κ2) is 5.57. The van der Waals surface area contributed by atoms with E-state index >= 15 is 0 Å². The van der Waals surface area contributed by atoms with Crippen LogP contribution in [0, 0.1) is 6.57 Å². The van der Waals surface area contributed by atoms with Gasteiger partial charge >= 0.3 is 5.97 Å². The van der Waals surface area contributed by atoms with Crippen molar-refractivity contribution >= 4 is 23.0 Å². The predicted octanol–water partition coefficient (Wildman–Crippen LogP) is 3.40. The Morgan fingerprint density at radius 3 is 2.29 bits per heavy atom. The normalized spacial score (nSPS) is 21.8. The lowest BCUT2D eigenvalue weighted by molar-refractivity contribution is 0.0697. The number of carbonyl (C=O) groups is 1. The third-order valence-electron chi connectivity index (χ3n) is 4.98. The highest BCUT2D eigenvalue weighted by Crippen LogP contribution is 2.38. The first-order chi connectivity index (χ1) is 11.7. The molecule has 2 bridgehead atoms. The van der Waals surface area contributed by atoms with Crippen LogP contribution >= 0.6 is 0 Å². The van der Waals surface area contributed by atoms with Crippen molar-refractivity contribution in [3.63, 3.8) is 0 Å². The van der Waals surface area contributed by atoms with Crippen LogP contribution in [0.5, 0.6) is 0 Å². The van der Waals surface area contributed by atoms with Crippen LogP contribution in [0.2, 0.25) is 0 Å². The summed E-state index contributed by atoms with van der Waals surface area (Å²) in [6.07, 6.45) is 1.10. The summed E-state index contributed by atoms with van der Waals surface area (Å²) < 4.78 is 0. The van der Waals surface area contributed by atoms with Crippen LogP contribution < -0.4 is 9.80 Å². The van der Waals surface area contributed by atoms with Crippen LogP contribution in [0.1, 0.15) is 16.8 Å². The molecule has 2 aromatic carbocycles. The van der Waals surface area contributed by atoms with Crippen molar-refractivity contribution in [3.8, 4) is 0 Å². The second-order valence-corrected chi connectivity index (χ2v) is 6.33. The van der Waals surface area contributed by atoms with Gasteiger partial charge in [0.1, 0.15) is 0 Å². The average molecular weight is 319 g/mol. The van der Waals surface area contributed by atoms with Gasteiger partial charge in [-0.1, -0.05) is 12.1 Å². The molecule has 2 aliphatic rings. The molecule has 2 aliphatic heterocycles. The molecule has 2 aromatic rings. The monoisotopic (exact) mass is 319 g/mol. The minimum absolute atomic E-state index is 0.320. The third kappa shape index (κ3) is 2.37. The minimum atomic E-state index is -0.893. The molecule has 1 N–H and O–H groups in total. The zero-order valence-corrected chi connectivity index (χ0v) is 13.1. The molecule has 0 aromatic heterocycles. The summed E-state index contributed by atoms with van der Waals surface area (Å²) in [5.74, 6) is -0.893. The van der Waals surface area contributed by atoms with E-state index in [1.54, 1.807) is 12.1 Å². The molecule has 0 saturated carbocycles. The fourth-order valence-electron chi connectivity index (χ4n) is 3.84. The molecular weight excluding hydrogens is 302 g/mol. The Bertz CT molecular complexity index is 825. The maximum atomic E-state index is 11.0. The van der Waals surface area contributed by atoms with Crippen molar-refractivity contribution in [2.75, 3.05) is 22.9 Å². The molecule has 2 atom stereocenters. The lowest BCUT2D eigenvalue weighted by Gasteiger charge is -2.37. The number of carboxylic acid groups (broad SMARTS) is 1. The molecule has 120 valence electrons. The van der Waals surface area contributed by atoms with E-state index in [1.165, 1.54) is 0 Å². The second-order valence-electron chi connectivity index (χ2n) is 6.33. The van der Waals surface area contributed by atoms with Crippen molar-refractivity contribution in [1.29, 1.82) is 0 Å². The topological polar surface area (TPSA) is 48.1 Å². The minimum Gasteiger partial charge on any atom is -0.478 e. The molecule has 5 heteroatoms. The molecule has 4 rings (SSSR count). The van der Waals surface area contributed by atoms with E-state index in [0.717, 1.165) is 30.9 Å². The van der Waals surface area contributed by atoms with Crippen molar-refractivity contribution in [1.82, 2.24) is 0 Å². The molecule has 0 spiro atoms. The van der Waals surface area contributed by atoms with E-state index in [9.17, 15) is 4.79 Å². The molecule has 2 saturated heterocycles. The molecule has 24 heavy (non-hydrogen) atoms. The SMILES string of the molecule is [C-]#[N+]c1cccc(N2C[C@H]3C[C@@H]2CN3c2ccc(C(=O)O)cc2)c1. The summed E-state index contributed by atoms with van der Waals surface area (Å²) in [6, 6.07) is 15.8. The van der Waals surface area contributed by atoms with Crippen LogP contribution in [-0.4, -0.2) is 36.2 Å². The standard InChI is InChI=1S/C19H17N3O2/c1-20-14-3-2-4-16(9-14)22-12-17-10-18(22)11-21(17)15-7-5-13(6-8-15)19(23)24/h2-9,17-18H,10-12H2,(H,23,24)/t17-,18-/m1/s1. The van der Waals surface area contributed by atoms with Gasteiger partial charge in [-0.15, -0.1) is 0 Å². The molecule has 5 nitrogen and oxygen atoms in total. The van der Waals surface area contributed by atoms with Gasteiger partial charge in [0, 0.05) is 36.5 Å². The van der Waals surface area contributed by atoms with Gasteiger partial charge in [-0.05, 0) is 42.8 Å². The smallest absolute Gasteiger partial charge is 0.335 e. The Morgan fingerprint density at radius 2 is 1.71 bits per heavy atom. The first kappa shape index (κ1) is 14.6. The fraction of sp³-hybridized carbons (Fsp3) is 0.263. The van der Waals surface area contributed by atoms with E-state index in [1.807, 2.05) is 30.3 Å². The van der Waals surface area contributed by atoms with Gasteiger partial charge in [0.25, 0.3) is 0 Å². The molecule has 0 amide bonds. The maximum absolute atomic E-state index is 11.0. The third-order valence-corrected chi connectivity index (χ3v) is 4.98. The number of fused-ring (bicyclic) bond motifs is 2. The molecule has 0 aliphatic carbocycles. The maximum Gasteiger partial charge on any atom is 0.335 e. The van der Waals surface area contributed by atoms with Gasteiger partial charge in [-0.3, -0.25) is 0 Å². The molecule has 2 heterocycles. The number of nitrogens with zero attached hydrogens (tertiary/aromatic N) is 3. The molecule has 0 unspecified atom stereocenters. The van der Waals surface area contributed by atoms with E-state index < -0.39 is 5.97 Å². The van der Waals surface area contributed by atoms with Crippen LogP contribution in [0.15, 0.2) is 48.5 Å². The number of hydrogen-bond acceptors (Lipinski definition) is 3. The number of anilines is 2. The van der Waals surface area contributed by atoms with Crippen molar-refractivity contribution in [2.45, 2.75) is 18.5 Å². The number of hydrogen-bond donors (Lipinski definition) is 1. The zero-order chi connectivity index (χ0) is 16.7. The first-order valence-corrected chi connectivity index (χ1v) is 8.00. The zero-order valence-electron chi connectivity index (χ0n) is 13.1. The summed E-state index contributed by atoms with van der Waals surface area (Å²) >= 11 is 0. The van der Waals surface area contributed by atoms with Crippen molar-refractivity contribution in [2.24, 2.45) is 0 Å². The van der Waals surface area contributed by atoms with Crippen LogP contribution in [-0.2, 0) is 0 Å². The van der Waals surface area contributed by atoms with E-state index in [-0.39, 0.29) is 0 Å². The lowest BCUT2D eigenvalue weighted by atomic mass is 10.1. The highest BCUT2D eigenvalue weighted by Gasteiger charge is 2.43. The fourth-order valence-corrected chi connectivity index (χ4v) is 3.84. The molecular formula is C19H17N3O2. The van der Waals surface area contributed by atoms with Crippen molar-refractivity contribution < 1.29 is 9.90 Å². The number of aromatic carboxylic acids is 1. The Morgan fingerprint density at radius 1 is 1.04 bits per heavy atom. The Kier molecular flexibility index (Phi) is 3.39. The number of rotatable bonds is 3. The van der Waals surface area contributed by atoms with E-state index in [2.05, 4.69) is 20.7 Å². The highest BCUT2D eigenvalue weighted by atomic mass is 16.4. The number of carboxylic acids is 1.